The predicted molar refractivity (Wildman–Crippen MR) is 85.7 cm³/mol. The molecule has 4 rings (SSSR count). The molecule has 24 heavy (non-hydrogen) atoms. The summed E-state index contributed by atoms with van der Waals surface area (Å²) < 4.78 is 7.34. The Balaban J connectivity index is 2.12. The highest BCUT2D eigenvalue weighted by Crippen LogP contribution is 2.23. The van der Waals surface area contributed by atoms with E-state index in [1.807, 2.05) is 0 Å². The molecule has 2 heterocycles. The van der Waals surface area contributed by atoms with Crippen molar-refractivity contribution in [1.29, 1.82) is 0 Å². The number of hydrogen-bond donors (Lipinski definition) is 0. The van der Waals surface area contributed by atoms with E-state index in [9.17, 15) is 19.7 Å². The molecule has 0 bridgehead atoms. The molecule has 2 aromatic heterocycles. The molecule has 0 radical (unpaired) electrons. The number of nitro groups is 1. The Labute approximate surface area is 132 Å². The molecule has 0 aliphatic carbocycles. The molecule has 0 saturated carbocycles. The Bertz CT molecular complexity index is 1220. The van der Waals surface area contributed by atoms with Crippen molar-refractivity contribution in [3.63, 3.8) is 0 Å². The molecule has 0 aliphatic heterocycles. The third-order valence-corrected chi connectivity index (χ3v) is 3.73. The number of hydrogen-bond acceptors (Lipinski definition) is 5. The van der Waals surface area contributed by atoms with Gasteiger partial charge in [-0.1, -0.05) is 18.2 Å². The summed E-state index contributed by atoms with van der Waals surface area (Å²) >= 11 is 0. The topological polar surface area (TPSA) is 99.8 Å². The van der Waals surface area contributed by atoms with Gasteiger partial charge in [0.1, 0.15) is 0 Å². The van der Waals surface area contributed by atoms with Crippen molar-refractivity contribution < 1.29 is 9.34 Å². The first-order chi connectivity index (χ1) is 11.6. The fourth-order valence-electron chi connectivity index (χ4n) is 2.67. The number of fused-ring (bicyclic) bond motifs is 3. The van der Waals surface area contributed by atoms with Crippen molar-refractivity contribution >= 4 is 22.3 Å². The van der Waals surface area contributed by atoms with Gasteiger partial charge in [-0.3, -0.25) is 10.1 Å². The lowest BCUT2D eigenvalue weighted by Gasteiger charge is -2.04. The van der Waals surface area contributed by atoms with Crippen LogP contribution in [0.1, 0.15) is 0 Å². The van der Waals surface area contributed by atoms with E-state index in [0.717, 1.165) is 4.57 Å². The zero-order valence-corrected chi connectivity index (χ0v) is 12.1. The van der Waals surface area contributed by atoms with E-state index < -0.39 is 16.4 Å². The average Bonchev–Trinajstić information content (AvgIpc) is 2.93. The van der Waals surface area contributed by atoms with Crippen LogP contribution in [0.3, 0.4) is 0 Å². The monoisotopic (exact) mass is 323 g/mol. The summed E-state index contributed by atoms with van der Waals surface area (Å²) in [6, 6.07) is 13.9. The summed E-state index contributed by atoms with van der Waals surface area (Å²) in [4.78, 5) is 35.3. The van der Waals surface area contributed by atoms with Gasteiger partial charge in [-0.2, -0.15) is 4.57 Å². The molecule has 0 spiro atoms. The molecule has 0 amide bonds. The molecule has 4 aromatic rings. The molecule has 0 saturated heterocycles. The SMILES string of the molecule is O=c1oc2cc3cc([N+](=O)[O-])ccc3n2c(=O)n1-c1ccccc1. The van der Waals surface area contributed by atoms with Crippen molar-refractivity contribution in [2.75, 3.05) is 0 Å². The van der Waals surface area contributed by atoms with Crippen LogP contribution in [0.5, 0.6) is 0 Å². The molecule has 8 heteroatoms. The molecule has 0 fully saturated rings. The second-order valence-corrected chi connectivity index (χ2v) is 5.14. The van der Waals surface area contributed by atoms with E-state index in [2.05, 4.69) is 0 Å². The van der Waals surface area contributed by atoms with Gasteiger partial charge in [0.2, 0.25) is 5.71 Å². The predicted octanol–water partition coefficient (Wildman–Crippen LogP) is 2.10. The minimum atomic E-state index is -0.823. The van der Waals surface area contributed by atoms with Crippen molar-refractivity contribution in [1.82, 2.24) is 8.97 Å². The standard InChI is InChI=1S/C16H9N3O5/c20-15-17(11-4-2-1-3-5-11)16(21)24-14-9-10-8-12(19(22)23)6-7-13(10)18(14)15/h1-9H. The second-order valence-electron chi connectivity index (χ2n) is 5.14. The Hall–Kier alpha value is -3.68. The maximum Gasteiger partial charge on any atom is 0.429 e. The Kier molecular flexibility index (Phi) is 2.86. The van der Waals surface area contributed by atoms with Crippen LogP contribution < -0.4 is 11.4 Å². The summed E-state index contributed by atoms with van der Waals surface area (Å²) in [5.74, 6) is -0.823. The Morgan fingerprint density at radius 3 is 2.46 bits per heavy atom. The molecule has 118 valence electrons. The van der Waals surface area contributed by atoms with Crippen LogP contribution in [0.4, 0.5) is 5.69 Å². The van der Waals surface area contributed by atoms with Crippen LogP contribution in [0.2, 0.25) is 0 Å². The van der Waals surface area contributed by atoms with Crippen LogP contribution in [0, 0.1) is 10.1 Å². The van der Waals surface area contributed by atoms with Gasteiger partial charge in [0.05, 0.1) is 16.1 Å². The number of benzene rings is 2. The van der Waals surface area contributed by atoms with Gasteiger partial charge in [0.25, 0.3) is 5.69 Å². The summed E-state index contributed by atoms with van der Waals surface area (Å²) in [5.41, 5.74) is 0.129. The van der Waals surface area contributed by atoms with Crippen LogP contribution in [-0.4, -0.2) is 13.9 Å². The van der Waals surface area contributed by atoms with E-state index >= 15 is 0 Å². The molecular formula is C16H9N3O5. The molecular weight excluding hydrogens is 314 g/mol. The van der Waals surface area contributed by atoms with Gasteiger partial charge in [0.15, 0.2) is 0 Å². The van der Waals surface area contributed by atoms with Crippen molar-refractivity contribution in [2.45, 2.75) is 0 Å². The lowest BCUT2D eigenvalue weighted by atomic mass is 10.2. The summed E-state index contributed by atoms with van der Waals surface area (Å²) in [5, 5.41) is 11.3. The minimum Gasteiger partial charge on any atom is -0.392 e. The number of nitrogens with zero attached hydrogens (tertiary/aromatic N) is 3. The highest BCUT2D eigenvalue weighted by molar-refractivity contribution is 5.87. The summed E-state index contributed by atoms with van der Waals surface area (Å²) in [6.07, 6.45) is 0. The summed E-state index contributed by atoms with van der Waals surface area (Å²) in [7, 11) is 0. The molecule has 0 unspecified atom stereocenters. The average molecular weight is 323 g/mol. The van der Waals surface area contributed by atoms with Crippen LogP contribution in [0.25, 0.3) is 22.3 Å². The number of nitro benzene ring substituents is 1. The summed E-state index contributed by atoms with van der Waals surface area (Å²) in [6.45, 7) is 0. The zero-order chi connectivity index (χ0) is 16.8. The van der Waals surface area contributed by atoms with Gasteiger partial charge in [-0.25, -0.2) is 14.0 Å². The quantitative estimate of drug-likeness (QED) is 0.415. The van der Waals surface area contributed by atoms with E-state index in [4.69, 9.17) is 4.42 Å². The number of para-hydroxylation sites is 1. The number of non-ortho nitro benzene ring substituents is 1. The Morgan fingerprint density at radius 1 is 1.00 bits per heavy atom. The lowest BCUT2D eigenvalue weighted by molar-refractivity contribution is -0.384. The van der Waals surface area contributed by atoms with Gasteiger partial charge in [-0.15, -0.1) is 0 Å². The second kappa shape index (κ2) is 4.92. The third-order valence-electron chi connectivity index (χ3n) is 3.73. The number of aromatic nitrogens is 2. The van der Waals surface area contributed by atoms with Gasteiger partial charge in [-0.05, 0) is 18.2 Å². The van der Waals surface area contributed by atoms with E-state index in [1.54, 1.807) is 30.3 Å². The van der Waals surface area contributed by atoms with Gasteiger partial charge in [0, 0.05) is 23.6 Å². The number of rotatable bonds is 2. The third kappa shape index (κ3) is 1.93. The molecule has 0 aliphatic rings. The van der Waals surface area contributed by atoms with E-state index in [1.165, 1.54) is 28.7 Å². The molecule has 0 N–H and O–H groups in total. The fraction of sp³-hybridized carbons (Fsp3) is 0. The minimum absolute atomic E-state index is 0.0349. The van der Waals surface area contributed by atoms with E-state index in [-0.39, 0.29) is 11.4 Å². The first-order valence-electron chi connectivity index (χ1n) is 6.97. The maximum atomic E-state index is 12.8. The highest BCUT2D eigenvalue weighted by atomic mass is 16.6. The van der Waals surface area contributed by atoms with Gasteiger partial charge < -0.3 is 4.42 Å². The zero-order valence-electron chi connectivity index (χ0n) is 12.1. The lowest BCUT2D eigenvalue weighted by Crippen LogP contribution is -2.35. The van der Waals surface area contributed by atoms with Crippen molar-refractivity contribution in [3.05, 3.63) is 85.7 Å². The molecule has 0 atom stereocenters. The van der Waals surface area contributed by atoms with Crippen molar-refractivity contribution in [3.8, 4) is 5.69 Å². The smallest absolute Gasteiger partial charge is 0.392 e. The highest BCUT2D eigenvalue weighted by Gasteiger charge is 2.16. The molecule has 2 aromatic carbocycles. The van der Waals surface area contributed by atoms with Gasteiger partial charge >= 0.3 is 11.4 Å². The molecule has 8 nitrogen and oxygen atoms in total. The van der Waals surface area contributed by atoms with E-state index in [0.29, 0.717) is 16.6 Å². The largest absolute Gasteiger partial charge is 0.429 e. The van der Waals surface area contributed by atoms with Crippen molar-refractivity contribution in [2.24, 2.45) is 0 Å². The maximum absolute atomic E-state index is 12.8. The van der Waals surface area contributed by atoms with Crippen LogP contribution >= 0.6 is 0 Å². The first-order valence-corrected chi connectivity index (χ1v) is 6.97. The fourth-order valence-corrected chi connectivity index (χ4v) is 2.67. The first kappa shape index (κ1) is 13.9. The van der Waals surface area contributed by atoms with Crippen LogP contribution in [-0.2, 0) is 0 Å². The van der Waals surface area contributed by atoms with Crippen LogP contribution in [0.15, 0.2) is 68.6 Å². The Morgan fingerprint density at radius 2 is 1.75 bits per heavy atom. The normalized spacial score (nSPS) is 11.2.